The van der Waals surface area contributed by atoms with E-state index < -0.39 is 0 Å². The molecule has 1 aromatic heterocycles. The van der Waals surface area contributed by atoms with Gasteiger partial charge >= 0.3 is 0 Å². The van der Waals surface area contributed by atoms with E-state index in [1.807, 2.05) is 18.2 Å². The van der Waals surface area contributed by atoms with E-state index in [0.717, 1.165) is 29.2 Å². The van der Waals surface area contributed by atoms with Gasteiger partial charge in [0.15, 0.2) is 0 Å². The fourth-order valence-electron chi connectivity index (χ4n) is 1.95. The molecular weight excluding hydrogens is 224 g/mol. The Bertz CT molecular complexity index is 463. The third-order valence-corrected chi connectivity index (χ3v) is 2.79. The van der Waals surface area contributed by atoms with E-state index >= 15 is 0 Å². The molecule has 1 atom stereocenters. The van der Waals surface area contributed by atoms with Gasteiger partial charge in [0.1, 0.15) is 11.5 Å². The smallest absolute Gasteiger partial charge is 0.148 e. The summed E-state index contributed by atoms with van der Waals surface area (Å²) in [6.45, 7) is 9.76. The Hall–Kier alpha value is -1.87. The lowest BCUT2D eigenvalue weighted by Gasteiger charge is -2.10. The quantitative estimate of drug-likeness (QED) is 0.870. The molecule has 0 aliphatic carbocycles. The van der Waals surface area contributed by atoms with E-state index in [1.165, 1.54) is 7.05 Å². The molecule has 0 fully saturated rings. The lowest BCUT2D eigenvalue weighted by Crippen LogP contribution is -2.03. The zero-order chi connectivity index (χ0) is 13.5. The maximum atomic E-state index is 5.81. The molecule has 96 valence electrons. The fourth-order valence-corrected chi connectivity index (χ4v) is 1.95. The number of hydrogen-bond donors (Lipinski definition) is 1. The van der Waals surface area contributed by atoms with Crippen molar-refractivity contribution in [2.24, 2.45) is 11.7 Å². The highest BCUT2D eigenvalue weighted by atomic mass is 16.5. The van der Waals surface area contributed by atoms with Gasteiger partial charge in [0, 0.05) is 12.6 Å². The molecule has 0 aromatic carbocycles. The van der Waals surface area contributed by atoms with Gasteiger partial charge in [0.05, 0.1) is 5.69 Å². The van der Waals surface area contributed by atoms with Crippen LogP contribution in [-0.4, -0.2) is 12.0 Å². The largest absolute Gasteiger partial charge is 0.455 e. The number of nitrogens with two attached hydrogens (primary N) is 1. The first-order chi connectivity index (χ1) is 8.76. The highest BCUT2D eigenvalue weighted by molar-refractivity contribution is 5.39. The van der Waals surface area contributed by atoms with E-state index in [1.54, 1.807) is 12.3 Å². The van der Waals surface area contributed by atoms with E-state index in [0.29, 0.717) is 5.92 Å². The first-order valence-corrected chi connectivity index (χ1v) is 5.94. The van der Waals surface area contributed by atoms with Gasteiger partial charge in [-0.2, -0.15) is 0 Å². The van der Waals surface area contributed by atoms with Crippen LogP contribution in [0.3, 0.4) is 0 Å². The van der Waals surface area contributed by atoms with Gasteiger partial charge in [-0.25, -0.2) is 0 Å². The second-order valence-electron chi connectivity index (χ2n) is 3.88. The molecule has 3 nitrogen and oxygen atoms in total. The molecule has 1 aliphatic rings. The van der Waals surface area contributed by atoms with Crippen molar-refractivity contribution in [1.29, 1.82) is 0 Å². The fraction of sp³-hybridized carbons (Fsp3) is 0.267. The molecule has 3 heteroatoms. The molecule has 0 saturated carbocycles. The summed E-state index contributed by atoms with van der Waals surface area (Å²) >= 11 is 0. The van der Waals surface area contributed by atoms with E-state index in [2.05, 4.69) is 30.8 Å². The number of pyridine rings is 1. The Morgan fingerprint density at radius 2 is 2.11 bits per heavy atom. The lowest BCUT2D eigenvalue weighted by molar-refractivity contribution is 0.437. The standard InChI is InChI=1S/C14H15NO.CH5N/c1-4-11-10(3)9-12-14(7-6-8-15-12)16-13(11)5-2;1-2/h4-8,10H,1-2,9H2,3H3;2H2,1H3. The summed E-state index contributed by atoms with van der Waals surface area (Å²) < 4.78 is 5.81. The molecule has 0 bridgehead atoms. The molecule has 1 unspecified atom stereocenters. The first-order valence-electron chi connectivity index (χ1n) is 5.94. The number of aromatic nitrogens is 1. The van der Waals surface area contributed by atoms with Crippen molar-refractivity contribution in [2.75, 3.05) is 7.05 Å². The van der Waals surface area contributed by atoms with Gasteiger partial charge in [-0.15, -0.1) is 0 Å². The van der Waals surface area contributed by atoms with Crippen LogP contribution >= 0.6 is 0 Å². The molecule has 0 radical (unpaired) electrons. The second kappa shape index (κ2) is 6.77. The van der Waals surface area contributed by atoms with Gasteiger partial charge in [-0.3, -0.25) is 4.98 Å². The van der Waals surface area contributed by atoms with Crippen LogP contribution in [-0.2, 0) is 6.42 Å². The maximum Gasteiger partial charge on any atom is 0.148 e. The van der Waals surface area contributed by atoms with E-state index in [-0.39, 0.29) is 0 Å². The van der Waals surface area contributed by atoms with Gasteiger partial charge < -0.3 is 10.5 Å². The first kappa shape index (κ1) is 14.2. The van der Waals surface area contributed by atoms with Crippen LogP contribution in [0, 0.1) is 5.92 Å². The van der Waals surface area contributed by atoms with Crippen LogP contribution in [0.2, 0.25) is 0 Å². The SMILES string of the molecule is C=CC1=C(C=C)C(C)Cc2ncccc2O1.CN. The Morgan fingerprint density at radius 3 is 2.72 bits per heavy atom. The van der Waals surface area contributed by atoms with Crippen LogP contribution in [0.4, 0.5) is 0 Å². The average Bonchev–Trinajstić information content (AvgIpc) is 2.56. The maximum absolute atomic E-state index is 5.81. The molecule has 2 rings (SSSR count). The third kappa shape index (κ3) is 2.87. The third-order valence-electron chi connectivity index (χ3n) is 2.79. The van der Waals surface area contributed by atoms with Crippen LogP contribution in [0.1, 0.15) is 12.6 Å². The molecule has 0 amide bonds. The van der Waals surface area contributed by atoms with E-state index in [4.69, 9.17) is 4.74 Å². The highest BCUT2D eigenvalue weighted by Gasteiger charge is 2.20. The molecule has 0 saturated heterocycles. The summed E-state index contributed by atoms with van der Waals surface area (Å²) in [6, 6.07) is 3.81. The number of hydrogen-bond acceptors (Lipinski definition) is 3. The monoisotopic (exact) mass is 244 g/mol. The molecule has 18 heavy (non-hydrogen) atoms. The van der Waals surface area contributed by atoms with Crippen molar-refractivity contribution in [2.45, 2.75) is 13.3 Å². The van der Waals surface area contributed by atoms with Crippen LogP contribution in [0.5, 0.6) is 5.75 Å². The molecule has 1 aliphatic heterocycles. The highest BCUT2D eigenvalue weighted by Crippen LogP contribution is 2.31. The summed E-state index contributed by atoms with van der Waals surface area (Å²) in [7, 11) is 1.50. The van der Waals surface area contributed by atoms with Crippen molar-refractivity contribution in [3.8, 4) is 5.75 Å². The summed E-state index contributed by atoms with van der Waals surface area (Å²) in [5, 5.41) is 0. The summed E-state index contributed by atoms with van der Waals surface area (Å²) in [5.41, 5.74) is 6.58. The minimum absolute atomic E-state index is 0.349. The number of fused-ring (bicyclic) bond motifs is 1. The van der Waals surface area contributed by atoms with Crippen LogP contribution in [0.15, 0.2) is 55.0 Å². The van der Waals surface area contributed by atoms with Crippen molar-refractivity contribution >= 4 is 0 Å². The minimum atomic E-state index is 0.349. The summed E-state index contributed by atoms with van der Waals surface area (Å²) in [5.74, 6) is 1.96. The predicted octanol–water partition coefficient (Wildman–Crippen LogP) is 2.85. The zero-order valence-electron chi connectivity index (χ0n) is 11.0. The zero-order valence-corrected chi connectivity index (χ0v) is 11.0. The molecule has 2 heterocycles. The number of rotatable bonds is 2. The summed E-state index contributed by atoms with van der Waals surface area (Å²) in [6.07, 6.45) is 6.24. The topological polar surface area (TPSA) is 48.1 Å². The number of ether oxygens (including phenoxy) is 1. The van der Waals surface area contributed by atoms with Gasteiger partial charge in [0.2, 0.25) is 0 Å². The normalized spacial score (nSPS) is 17.6. The van der Waals surface area contributed by atoms with Crippen molar-refractivity contribution in [3.63, 3.8) is 0 Å². The Kier molecular flexibility index (Phi) is 5.33. The molecule has 1 aromatic rings. The number of allylic oxidation sites excluding steroid dienone is 3. The number of nitrogens with zero attached hydrogens (tertiary/aromatic N) is 1. The van der Waals surface area contributed by atoms with Crippen molar-refractivity contribution < 1.29 is 4.74 Å². The van der Waals surface area contributed by atoms with Crippen LogP contribution in [0.25, 0.3) is 0 Å². The summed E-state index contributed by atoms with van der Waals surface area (Å²) in [4.78, 5) is 4.35. The second-order valence-corrected chi connectivity index (χ2v) is 3.88. The van der Waals surface area contributed by atoms with Gasteiger partial charge in [-0.1, -0.05) is 26.2 Å². The minimum Gasteiger partial charge on any atom is -0.455 e. The molecule has 0 spiro atoms. The van der Waals surface area contributed by atoms with Gasteiger partial charge in [-0.05, 0) is 36.7 Å². The Balaban J connectivity index is 0.000000771. The van der Waals surface area contributed by atoms with Crippen LogP contribution < -0.4 is 10.5 Å². The Labute approximate surface area is 109 Å². The molecular formula is C15H20N2O. The van der Waals surface area contributed by atoms with Gasteiger partial charge in [0.25, 0.3) is 0 Å². The Morgan fingerprint density at radius 1 is 1.39 bits per heavy atom. The predicted molar refractivity (Wildman–Crippen MR) is 75.3 cm³/mol. The molecule has 2 N–H and O–H groups in total. The lowest BCUT2D eigenvalue weighted by atomic mass is 9.95. The average molecular weight is 244 g/mol. The van der Waals surface area contributed by atoms with Crippen molar-refractivity contribution in [1.82, 2.24) is 4.98 Å². The van der Waals surface area contributed by atoms with E-state index in [9.17, 15) is 0 Å². The van der Waals surface area contributed by atoms with Crippen molar-refractivity contribution in [3.05, 3.63) is 60.7 Å².